The number of hydrogen-bond acceptors (Lipinski definition) is 4. The van der Waals surface area contributed by atoms with Crippen LogP contribution in [0.15, 0.2) is 18.2 Å². The van der Waals surface area contributed by atoms with Gasteiger partial charge in [-0.3, -0.25) is 19.7 Å². The molecule has 0 fully saturated rings. The molecule has 0 aliphatic heterocycles. The summed E-state index contributed by atoms with van der Waals surface area (Å²) in [4.78, 5) is 32.6. The van der Waals surface area contributed by atoms with E-state index in [4.69, 9.17) is 16.7 Å². The van der Waals surface area contributed by atoms with Gasteiger partial charge in [-0.25, -0.2) is 0 Å². The van der Waals surface area contributed by atoms with Crippen LogP contribution in [0, 0.1) is 16.0 Å². The van der Waals surface area contributed by atoms with Gasteiger partial charge in [0.25, 0.3) is 11.6 Å². The van der Waals surface area contributed by atoms with E-state index in [1.807, 2.05) is 6.92 Å². The van der Waals surface area contributed by atoms with E-state index in [0.717, 1.165) is 6.07 Å². The SMILES string of the molecule is CCC(CNC(=O)c1ccc([N+](=O)[O-])cc1Cl)CC(=O)O. The van der Waals surface area contributed by atoms with Crippen LogP contribution in [0.2, 0.25) is 5.02 Å². The first-order chi connectivity index (χ1) is 9.85. The Balaban J connectivity index is 2.71. The number of non-ortho nitro benzene ring substituents is 1. The molecule has 1 rings (SSSR count). The minimum Gasteiger partial charge on any atom is -0.481 e. The monoisotopic (exact) mass is 314 g/mol. The molecule has 0 saturated heterocycles. The fourth-order valence-electron chi connectivity index (χ4n) is 1.74. The number of nitrogens with zero attached hydrogens (tertiary/aromatic N) is 1. The van der Waals surface area contributed by atoms with Gasteiger partial charge in [-0.05, 0) is 12.0 Å². The van der Waals surface area contributed by atoms with Crippen LogP contribution in [-0.4, -0.2) is 28.5 Å². The van der Waals surface area contributed by atoms with E-state index in [2.05, 4.69) is 5.32 Å². The topological polar surface area (TPSA) is 110 Å². The zero-order chi connectivity index (χ0) is 16.0. The Hall–Kier alpha value is -2.15. The molecule has 1 unspecified atom stereocenters. The summed E-state index contributed by atoms with van der Waals surface area (Å²) < 4.78 is 0. The number of benzene rings is 1. The van der Waals surface area contributed by atoms with Gasteiger partial charge in [0.05, 0.1) is 15.5 Å². The number of aliphatic carboxylic acids is 1. The Kier molecular flexibility index (Phi) is 6.10. The number of nitrogens with one attached hydrogen (secondary N) is 1. The number of amides is 1. The molecule has 0 spiro atoms. The lowest BCUT2D eigenvalue weighted by molar-refractivity contribution is -0.384. The maximum atomic E-state index is 11.9. The van der Waals surface area contributed by atoms with E-state index in [0.29, 0.717) is 6.42 Å². The summed E-state index contributed by atoms with van der Waals surface area (Å²) >= 11 is 5.84. The van der Waals surface area contributed by atoms with Crippen LogP contribution < -0.4 is 5.32 Å². The predicted molar refractivity (Wildman–Crippen MR) is 76.5 cm³/mol. The van der Waals surface area contributed by atoms with Crippen LogP contribution in [0.5, 0.6) is 0 Å². The summed E-state index contributed by atoms with van der Waals surface area (Å²) in [5.74, 6) is -1.59. The molecule has 0 aromatic heterocycles. The number of carboxylic acids is 1. The van der Waals surface area contributed by atoms with E-state index in [-0.39, 0.29) is 35.2 Å². The molecule has 8 heteroatoms. The van der Waals surface area contributed by atoms with Crippen molar-refractivity contribution in [1.82, 2.24) is 5.32 Å². The second-order valence-corrected chi connectivity index (χ2v) is 4.91. The number of hydrogen-bond donors (Lipinski definition) is 2. The molecule has 0 aliphatic rings. The molecule has 2 N–H and O–H groups in total. The van der Waals surface area contributed by atoms with Gasteiger partial charge in [-0.2, -0.15) is 0 Å². The fraction of sp³-hybridized carbons (Fsp3) is 0.385. The largest absolute Gasteiger partial charge is 0.481 e. The van der Waals surface area contributed by atoms with Gasteiger partial charge in [0, 0.05) is 25.1 Å². The Morgan fingerprint density at radius 1 is 1.48 bits per heavy atom. The third-order valence-corrected chi connectivity index (χ3v) is 3.31. The van der Waals surface area contributed by atoms with Crippen LogP contribution in [-0.2, 0) is 4.79 Å². The maximum absolute atomic E-state index is 11.9. The highest BCUT2D eigenvalue weighted by atomic mass is 35.5. The third-order valence-electron chi connectivity index (χ3n) is 3.00. The summed E-state index contributed by atoms with van der Waals surface area (Å²) in [6, 6.07) is 3.56. The Morgan fingerprint density at radius 3 is 2.62 bits per heavy atom. The van der Waals surface area contributed by atoms with Crippen molar-refractivity contribution in [1.29, 1.82) is 0 Å². The lowest BCUT2D eigenvalue weighted by atomic mass is 10.0. The Labute approximate surface area is 126 Å². The number of carbonyl (C=O) groups is 2. The smallest absolute Gasteiger partial charge is 0.303 e. The van der Waals surface area contributed by atoms with Crippen LogP contribution >= 0.6 is 11.6 Å². The van der Waals surface area contributed by atoms with Gasteiger partial charge in [-0.15, -0.1) is 0 Å². The van der Waals surface area contributed by atoms with Crippen molar-refractivity contribution >= 4 is 29.2 Å². The number of carbonyl (C=O) groups excluding carboxylic acids is 1. The average Bonchev–Trinajstić information content (AvgIpc) is 2.42. The van der Waals surface area contributed by atoms with Crippen molar-refractivity contribution in [3.8, 4) is 0 Å². The molecular formula is C13H15ClN2O5. The standard InChI is InChI=1S/C13H15ClN2O5/c1-2-8(5-12(17)18)7-15-13(19)10-4-3-9(16(20)21)6-11(10)14/h3-4,6,8H,2,5,7H2,1H3,(H,15,19)(H,17,18). The summed E-state index contributed by atoms with van der Waals surface area (Å²) in [6.07, 6.45) is 0.575. The van der Waals surface area contributed by atoms with Crippen molar-refractivity contribution in [2.45, 2.75) is 19.8 Å². The first-order valence-corrected chi connectivity index (χ1v) is 6.66. The van der Waals surface area contributed by atoms with E-state index in [9.17, 15) is 19.7 Å². The van der Waals surface area contributed by atoms with Crippen LogP contribution in [0.3, 0.4) is 0 Å². The van der Waals surface area contributed by atoms with Gasteiger partial charge in [0.1, 0.15) is 0 Å². The summed E-state index contributed by atoms with van der Waals surface area (Å²) in [6.45, 7) is 2.04. The molecule has 1 atom stereocenters. The van der Waals surface area contributed by atoms with Crippen LogP contribution in [0.4, 0.5) is 5.69 Å². The zero-order valence-electron chi connectivity index (χ0n) is 11.3. The van der Waals surface area contributed by atoms with E-state index in [1.54, 1.807) is 0 Å². The van der Waals surface area contributed by atoms with Crippen molar-refractivity contribution in [3.05, 3.63) is 38.9 Å². The van der Waals surface area contributed by atoms with E-state index < -0.39 is 16.8 Å². The second-order valence-electron chi connectivity index (χ2n) is 4.50. The Bertz CT molecular complexity index is 561. The lowest BCUT2D eigenvalue weighted by Crippen LogP contribution is -2.30. The van der Waals surface area contributed by atoms with Gasteiger partial charge in [0.15, 0.2) is 0 Å². The molecule has 0 radical (unpaired) electrons. The normalized spacial score (nSPS) is 11.7. The average molecular weight is 315 g/mol. The van der Waals surface area contributed by atoms with Crippen molar-refractivity contribution in [3.63, 3.8) is 0 Å². The number of halogens is 1. The van der Waals surface area contributed by atoms with E-state index >= 15 is 0 Å². The highest BCUT2D eigenvalue weighted by Gasteiger charge is 2.17. The number of nitro groups is 1. The van der Waals surface area contributed by atoms with Crippen molar-refractivity contribution in [2.75, 3.05) is 6.54 Å². The van der Waals surface area contributed by atoms with Crippen LogP contribution in [0.1, 0.15) is 30.1 Å². The molecule has 0 aliphatic carbocycles. The maximum Gasteiger partial charge on any atom is 0.303 e. The first-order valence-electron chi connectivity index (χ1n) is 6.29. The molecule has 1 aromatic rings. The zero-order valence-corrected chi connectivity index (χ0v) is 12.1. The first kappa shape index (κ1) is 16.9. The minimum atomic E-state index is -0.926. The molecule has 114 valence electrons. The highest BCUT2D eigenvalue weighted by molar-refractivity contribution is 6.34. The van der Waals surface area contributed by atoms with Crippen molar-refractivity contribution < 1.29 is 19.6 Å². The third kappa shape index (κ3) is 5.03. The lowest BCUT2D eigenvalue weighted by Gasteiger charge is -2.13. The van der Waals surface area contributed by atoms with Gasteiger partial charge < -0.3 is 10.4 Å². The molecule has 0 bridgehead atoms. The number of nitro benzene ring substituents is 1. The number of carboxylic acid groups (broad SMARTS) is 1. The predicted octanol–water partition coefficient (Wildman–Crippen LogP) is 2.48. The quantitative estimate of drug-likeness (QED) is 0.593. The molecular weight excluding hydrogens is 300 g/mol. The Morgan fingerprint density at radius 2 is 2.14 bits per heavy atom. The van der Waals surface area contributed by atoms with Crippen LogP contribution in [0.25, 0.3) is 0 Å². The highest BCUT2D eigenvalue weighted by Crippen LogP contribution is 2.22. The molecule has 7 nitrogen and oxygen atoms in total. The molecule has 0 heterocycles. The fourth-order valence-corrected chi connectivity index (χ4v) is 2.00. The van der Waals surface area contributed by atoms with Gasteiger partial charge >= 0.3 is 5.97 Å². The van der Waals surface area contributed by atoms with Gasteiger partial charge in [-0.1, -0.05) is 24.9 Å². The van der Waals surface area contributed by atoms with Gasteiger partial charge in [0.2, 0.25) is 0 Å². The molecule has 1 amide bonds. The van der Waals surface area contributed by atoms with Crippen molar-refractivity contribution in [2.24, 2.45) is 5.92 Å². The van der Waals surface area contributed by atoms with E-state index in [1.165, 1.54) is 12.1 Å². The summed E-state index contributed by atoms with van der Waals surface area (Å²) in [7, 11) is 0. The minimum absolute atomic E-state index is 0.0204. The number of rotatable bonds is 7. The molecule has 1 aromatic carbocycles. The molecule has 21 heavy (non-hydrogen) atoms. The summed E-state index contributed by atoms with van der Waals surface area (Å²) in [5.41, 5.74) is -0.0821. The summed E-state index contributed by atoms with van der Waals surface area (Å²) in [5, 5.41) is 21.9. The molecule has 0 saturated carbocycles. The second kappa shape index (κ2) is 7.58.